The summed E-state index contributed by atoms with van der Waals surface area (Å²) in [7, 11) is 0. The highest BCUT2D eigenvalue weighted by atomic mass is 15.0. The Morgan fingerprint density at radius 2 is 2.42 bits per heavy atom. The topological polar surface area (TPSA) is 77.8 Å². The van der Waals surface area contributed by atoms with Crippen LogP contribution in [0.2, 0.25) is 0 Å². The maximum atomic E-state index is 5.60. The lowest BCUT2D eigenvalue weighted by molar-refractivity contribution is 0.687. The minimum atomic E-state index is 0.367. The van der Waals surface area contributed by atoms with Crippen LogP contribution in [-0.4, -0.2) is 16.5 Å². The molecule has 4 nitrogen and oxygen atoms in total. The summed E-state index contributed by atoms with van der Waals surface area (Å²) in [6.45, 7) is 0.681. The summed E-state index contributed by atoms with van der Waals surface area (Å²) in [6, 6.07) is 0. The molecule has 64 valence electrons. The number of nitrogen functional groups attached to an aromatic ring is 1. The standard InChI is InChI=1S/C8H12N4/c9-3-5-1-2-7-6(5)4-11-8(10)12-7/h4-5H,1-3,9H2,(H2,10,11,12). The molecule has 0 saturated heterocycles. The van der Waals surface area contributed by atoms with E-state index in [4.69, 9.17) is 11.5 Å². The van der Waals surface area contributed by atoms with Crippen molar-refractivity contribution in [3.05, 3.63) is 17.5 Å². The number of nitrogens with two attached hydrogens (primary N) is 2. The second-order valence-electron chi connectivity index (χ2n) is 3.10. The number of hydrogen-bond acceptors (Lipinski definition) is 4. The van der Waals surface area contributed by atoms with Gasteiger partial charge in [0, 0.05) is 11.9 Å². The molecule has 1 aliphatic carbocycles. The van der Waals surface area contributed by atoms with Crippen molar-refractivity contribution in [2.45, 2.75) is 18.8 Å². The molecule has 0 aromatic carbocycles. The van der Waals surface area contributed by atoms with Gasteiger partial charge in [0.1, 0.15) is 0 Å². The zero-order valence-corrected chi connectivity index (χ0v) is 6.83. The average molecular weight is 164 g/mol. The Balaban J connectivity index is 2.40. The Labute approximate surface area is 71.0 Å². The van der Waals surface area contributed by atoms with Crippen molar-refractivity contribution in [1.29, 1.82) is 0 Å². The Morgan fingerprint density at radius 1 is 1.58 bits per heavy atom. The summed E-state index contributed by atoms with van der Waals surface area (Å²) in [5, 5.41) is 0. The molecule has 1 heterocycles. The molecule has 0 radical (unpaired) electrons. The molecule has 1 aromatic heterocycles. The van der Waals surface area contributed by atoms with Gasteiger partial charge in [-0.2, -0.15) is 0 Å². The van der Waals surface area contributed by atoms with Gasteiger partial charge in [-0.25, -0.2) is 9.97 Å². The number of fused-ring (bicyclic) bond motifs is 1. The highest BCUT2D eigenvalue weighted by Crippen LogP contribution is 2.30. The molecular weight excluding hydrogens is 152 g/mol. The molecule has 0 amide bonds. The lowest BCUT2D eigenvalue weighted by Crippen LogP contribution is -2.10. The maximum absolute atomic E-state index is 5.60. The van der Waals surface area contributed by atoms with Crippen molar-refractivity contribution in [2.75, 3.05) is 12.3 Å². The van der Waals surface area contributed by atoms with Crippen molar-refractivity contribution in [3.8, 4) is 0 Å². The van der Waals surface area contributed by atoms with E-state index in [9.17, 15) is 0 Å². The van der Waals surface area contributed by atoms with Gasteiger partial charge in [-0.05, 0) is 30.9 Å². The van der Waals surface area contributed by atoms with E-state index in [1.54, 1.807) is 0 Å². The van der Waals surface area contributed by atoms with E-state index in [2.05, 4.69) is 9.97 Å². The highest BCUT2D eigenvalue weighted by molar-refractivity contribution is 5.32. The van der Waals surface area contributed by atoms with E-state index in [1.165, 1.54) is 5.56 Å². The average Bonchev–Trinajstić information content (AvgIpc) is 2.46. The largest absolute Gasteiger partial charge is 0.368 e. The summed E-state index contributed by atoms with van der Waals surface area (Å²) >= 11 is 0. The molecule has 12 heavy (non-hydrogen) atoms. The van der Waals surface area contributed by atoms with Gasteiger partial charge in [-0.1, -0.05) is 0 Å². The van der Waals surface area contributed by atoms with Crippen molar-refractivity contribution in [2.24, 2.45) is 5.73 Å². The molecule has 0 bridgehead atoms. The molecule has 4 heteroatoms. The number of anilines is 1. The number of hydrogen-bond donors (Lipinski definition) is 2. The number of rotatable bonds is 1. The summed E-state index contributed by atoms with van der Waals surface area (Å²) in [6.07, 6.45) is 3.88. The number of aromatic nitrogens is 2. The van der Waals surface area contributed by atoms with Crippen LogP contribution in [0.1, 0.15) is 23.6 Å². The van der Waals surface area contributed by atoms with Crippen molar-refractivity contribution in [3.63, 3.8) is 0 Å². The second kappa shape index (κ2) is 2.71. The fourth-order valence-corrected chi connectivity index (χ4v) is 1.69. The van der Waals surface area contributed by atoms with E-state index >= 15 is 0 Å². The number of nitrogens with zero attached hydrogens (tertiary/aromatic N) is 2. The van der Waals surface area contributed by atoms with Crippen LogP contribution < -0.4 is 11.5 Å². The quantitative estimate of drug-likeness (QED) is 0.614. The van der Waals surface area contributed by atoms with Gasteiger partial charge in [0.05, 0.1) is 0 Å². The molecular formula is C8H12N4. The summed E-state index contributed by atoms with van der Waals surface area (Å²) in [4.78, 5) is 8.12. The third kappa shape index (κ3) is 1.04. The van der Waals surface area contributed by atoms with Gasteiger partial charge in [-0.3, -0.25) is 0 Å². The third-order valence-electron chi connectivity index (χ3n) is 2.37. The highest BCUT2D eigenvalue weighted by Gasteiger charge is 2.22. The smallest absolute Gasteiger partial charge is 0.220 e. The molecule has 1 aliphatic rings. The SMILES string of the molecule is NCC1CCc2nc(N)ncc21. The molecule has 0 aliphatic heterocycles. The first kappa shape index (κ1) is 7.49. The van der Waals surface area contributed by atoms with Crippen LogP contribution in [0.4, 0.5) is 5.95 Å². The Hall–Kier alpha value is -1.16. The van der Waals surface area contributed by atoms with Gasteiger partial charge in [0.25, 0.3) is 0 Å². The number of aryl methyl sites for hydroxylation is 1. The minimum Gasteiger partial charge on any atom is -0.368 e. The summed E-state index contributed by atoms with van der Waals surface area (Å²) < 4.78 is 0. The maximum Gasteiger partial charge on any atom is 0.220 e. The normalized spacial score (nSPS) is 20.9. The molecule has 0 saturated carbocycles. The van der Waals surface area contributed by atoms with Crippen LogP contribution in [-0.2, 0) is 6.42 Å². The summed E-state index contributed by atoms with van der Waals surface area (Å²) in [5.74, 6) is 0.812. The van der Waals surface area contributed by atoms with E-state index in [0.29, 0.717) is 18.4 Å². The molecule has 1 unspecified atom stereocenters. The van der Waals surface area contributed by atoms with Crippen molar-refractivity contribution >= 4 is 5.95 Å². The van der Waals surface area contributed by atoms with Crippen LogP contribution in [0.15, 0.2) is 6.20 Å². The predicted molar refractivity (Wildman–Crippen MR) is 46.6 cm³/mol. The Morgan fingerprint density at radius 3 is 3.17 bits per heavy atom. The van der Waals surface area contributed by atoms with Crippen LogP contribution in [0.5, 0.6) is 0 Å². The van der Waals surface area contributed by atoms with E-state index in [-0.39, 0.29) is 0 Å². The minimum absolute atomic E-state index is 0.367. The molecule has 1 aromatic rings. The van der Waals surface area contributed by atoms with Crippen LogP contribution in [0.3, 0.4) is 0 Å². The van der Waals surface area contributed by atoms with Gasteiger partial charge >= 0.3 is 0 Å². The monoisotopic (exact) mass is 164 g/mol. The lowest BCUT2D eigenvalue weighted by Gasteiger charge is -2.05. The zero-order valence-electron chi connectivity index (χ0n) is 6.83. The molecule has 0 spiro atoms. The van der Waals surface area contributed by atoms with Crippen LogP contribution in [0, 0.1) is 0 Å². The van der Waals surface area contributed by atoms with Crippen LogP contribution >= 0.6 is 0 Å². The van der Waals surface area contributed by atoms with Gasteiger partial charge in [-0.15, -0.1) is 0 Å². The fraction of sp³-hybridized carbons (Fsp3) is 0.500. The van der Waals surface area contributed by atoms with Crippen LogP contribution in [0.25, 0.3) is 0 Å². The van der Waals surface area contributed by atoms with Crippen molar-refractivity contribution in [1.82, 2.24) is 9.97 Å². The lowest BCUT2D eigenvalue weighted by atomic mass is 10.1. The third-order valence-corrected chi connectivity index (χ3v) is 2.37. The Kier molecular flexibility index (Phi) is 1.69. The van der Waals surface area contributed by atoms with E-state index < -0.39 is 0 Å². The first-order valence-electron chi connectivity index (χ1n) is 4.12. The van der Waals surface area contributed by atoms with Gasteiger partial charge < -0.3 is 11.5 Å². The first-order chi connectivity index (χ1) is 5.81. The fourth-order valence-electron chi connectivity index (χ4n) is 1.69. The van der Waals surface area contributed by atoms with Gasteiger partial charge in [0.2, 0.25) is 5.95 Å². The molecule has 0 fully saturated rings. The van der Waals surface area contributed by atoms with Gasteiger partial charge in [0.15, 0.2) is 0 Å². The molecule has 1 atom stereocenters. The predicted octanol–water partition coefficient (Wildman–Crippen LogP) is 0.0473. The first-order valence-corrected chi connectivity index (χ1v) is 4.12. The molecule has 4 N–H and O–H groups in total. The van der Waals surface area contributed by atoms with E-state index in [0.717, 1.165) is 18.5 Å². The molecule has 2 rings (SSSR count). The second-order valence-corrected chi connectivity index (χ2v) is 3.10. The van der Waals surface area contributed by atoms with E-state index in [1.807, 2.05) is 6.20 Å². The van der Waals surface area contributed by atoms with Crippen molar-refractivity contribution < 1.29 is 0 Å². The zero-order chi connectivity index (χ0) is 8.55. The summed E-state index contributed by atoms with van der Waals surface area (Å²) in [5.41, 5.74) is 13.3. The Bertz CT molecular complexity index is 297.